The van der Waals surface area contributed by atoms with Crippen molar-refractivity contribution < 1.29 is 4.79 Å². The average molecular weight is 250 g/mol. The number of rotatable bonds is 3. The van der Waals surface area contributed by atoms with Gasteiger partial charge in [-0.25, -0.2) is 0 Å². The van der Waals surface area contributed by atoms with E-state index in [4.69, 9.17) is 0 Å². The number of hydrogen-bond donors (Lipinski definition) is 2. The molecule has 2 N–H and O–H groups in total. The van der Waals surface area contributed by atoms with Gasteiger partial charge in [-0.1, -0.05) is 0 Å². The van der Waals surface area contributed by atoms with Gasteiger partial charge in [-0.3, -0.25) is 9.48 Å². The summed E-state index contributed by atoms with van der Waals surface area (Å²) in [5.74, 6) is 0.568. The van der Waals surface area contributed by atoms with E-state index in [0.717, 1.165) is 31.6 Å². The molecule has 1 saturated heterocycles. The lowest BCUT2D eigenvalue weighted by atomic mass is 9.91. The van der Waals surface area contributed by atoms with Crippen LogP contribution < -0.4 is 10.6 Å². The maximum atomic E-state index is 12.2. The van der Waals surface area contributed by atoms with Crippen LogP contribution in [0.3, 0.4) is 0 Å². The van der Waals surface area contributed by atoms with Crippen LogP contribution >= 0.6 is 0 Å². The molecule has 0 aliphatic carbocycles. The topological polar surface area (TPSA) is 59.0 Å². The van der Waals surface area contributed by atoms with Crippen LogP contribution in [0.2, 0.25) is 0 Å². The summed E-state index contributed by atoms with van der Waals surface area (Å²) in [5.41, 5.74) is 1.46. The number of piperidine rings is 1. The lowest BCUT2D eigenvalue weighted by Crippen LogP contribution is -2.42. The molecule has 5 heteroatoms. The molecular formula is C13H22N4O. The van der Waals surface area contributed by atoms with Gasteiger partial charge >= 0.3 is 0 Å². The van der Waals surface area contributed by atoms with E-state index in [1.807, 2.05) is 14.0 Å². The summed E-state index contributed by atoms with van der Waals surface area (Å²) < 4.78 is 1.68. The Hall–Kier alpha value is -1.36. The SMILES string of the molecule is Cc1nn(C)cc1C(=O)NC(C)C1CCNCC1. The number of amides is 1. The van der Waals surface area contributed by atoms with E-state index >= 15 is 0 Å². The van der Waals surface area contributed by atoms with Gasteiger partial charge in [0.15, 0.2) is 0 Å². The van der Waals surface area contributed by atoms with E-state index in [1.54, 1.807) is 10.9 Å². The summed E-state index contributed by atoms with van der Waals surface area (Å²) >= 11 is 0. The summed E-state index contributed by atoms with van der Waals surface area (Å²) in [6.07, 6.45) is 4.04. The maximum Gasteiger partial charge on any atom is 0.254 e. The van der Waals surface area contributed by atoms with E-state index in [-0.39, 0.29) is 11.9 Å². The predicted octanol–water partition coefficient (Wildman–Crippen LogP) is 0.846. The quantitative estimate of drug-likeness (QED) is 0.836. The number of nitrogens with one attached hydrogen (secondary N) is 2. The third-order valence-electron chi connectivity index (χ3n) is 3.71. The van der Waals surface area contributed by atoms with Crippen molar-refractivity contribution in [2.24, 2.45) is 13.0 Å². The van der Waals surface area contributed by atoms with Crippen molar-refractivity contribution in [1.82, 2.24) is 20.4 Å². The van der Waals surface area contributed by atoms with Gasteiger partial charge in [-0.2, -0.15) is 5.10 Å². The van der Waals surface area contributed by atoms with Crippen LogP contribution in [-0.2, 0) is 7.05 Å². The van der Waals surface area contributed by atoms with E-state index in [9.17, 15) is 4.79 Å². The first-order valence-corrected chi connectivity index (χ1v) is 6.59. The molecule has 0 spiro atoms. The zero-order valence-corrected chi connectivity index (χ0v) is 11.4. The van der Waals surface area contributed by atoms with Gasteiger partial charge in [-0.15, -0.1) is 0 Å². The van der Waals surface area contributed by atoms with Crippen LogP contribution in [0.1, 0.15) is 35.8 Å². The van der Waals surface area contributed by atoms with Crippen LogP contribution in [-0.4, -0.2) is 34.8 Å². The molecule has 0 radical (unpaired) electrons. The summed E-state index contributed by atoms with van der Waals surface area (Å²) in [7, 11) is 1.83. The van der Waals surface area contributed by atoms with E-state index in [2.05, 4.69) is 22.7 Å². The number of nitrogens with zero attached hydrogens (tertiary/aromatic N) is 2. The van der Waals surface area contributed by atoms with E-state index < -0.39 is 0 Å². The Morgan fingerprint density at radius 1 is 1.56 bits per heavy atom. The molecule has 2 rings (SSSR count). The molecule has 1 fully saturated rings. The number of carbonyl (C=O) groups excluding carboxylic acids is 1. The van der Waals surface area contributed by atoms with E-state index in [0.29, 0.717) is 11.5 Å². The second-order valence-electron chi connectivity index (χ2n) is 5.15. The fraction of sp³-hybridized carbons (Fsp3) is 0.692. The minimum atomic E-state index is -0.00775. The van der Waals surface area contributed by atoms with E-state index in [1.165, 1.54) is 0 Å². The highest BCUT2D eigenvalue weighted by molar-refractivity contribution is 5.95. The Morgan fingerprint density at radius 3 is 2.78 bits per heavy atom. The standard InChI is InChI=1S/C13H22N4O/c1-9(11-4-6-14-7-5-11)15-13(18)12-8-17(3)16-10(12)2/h8-9,11,14H,4-7H2,1-3H3,(H,15,18). The fourth-order valence-corrected chi connectivity index (χ4v) is 2.57. The first-order chi connectivity index (χ1) is 8.58. The van der Waals surface area contributed by atoms with Crippen molar-refractivity contribution in [3.63, 3.8) is 0 Å². The summed E-state index contributed by atoms with van der Waals surface area (Å²) in [5, 5.41) is 10.6. The normalized spacial score (nSPS) is 18.6. The molecule has 1 aromatic heterocycles. The Kier molecular flexibility index (Phi) is 4.01. The molecule has 100 valence electrons. The molecule has 1 aromatic rings. The molecule has 1 unspecified atom stereocenters. The average Bonchev–Trinajstić information content (AvgIpc) is 2.69. The molecule has 1 aliphatic rings. The first-order valence-electron chi connectivity index (χ1n) is 6.59. The van der Waals surface area contributed by atoms with Gasteiger partial charge in [0.25, 0.3) is 5.91 Å². The predicted molar refractivity (Wildman–Crippen MR) is 70.5 cm³/mol. The Morgan fingerprint density at radius 2 is 2.22 bits per heavy atom. The molecule has 1 atom stereocenters. The third-order valence-corrected chi connectivity index (χ3v) is 3.71. The third kappa shape index (κ3) is 2.90. The molecule has 0 bridgehead atoms. The van der Waals surface area contributed by atoms with Gasteiger partial charge in [-0.05, 0) is 45.7 Å². The smallest absolute Gasteiger partial charge is 0.254 e. The zero-order valence-electron chi connectivity index (χ0n) is 11.4. The Balaban J connectivity index is 1.96. The number of carbonyl (C=O) groups is 1. The maximum absolute atomic E-state index is 12.2. The molecule has 0 aromatic carbocycles. The molecule has 1 amide bonds. The van der Waals surface area contributed by atoms with Gasteiger partial charge in [0, 0.05) is 19.3 Å². The molecule has 0 saturated carbocycles. The van der Waals surface area contributed by atoms with Crippen molar-refractivity contribution in [1.29, 1.82) is 0 Å². The van der Waals surface area contributed by atoms with Crippen molar-refractivity contribution >= 4 is 5.91 Å². The summed E-state index contributed by atoms with van der Waals surface area (Å²) in [4.78, 5) is 12.2. The highest BCUT2D eigenvalue weighted by atomic mass is 16.1. The lowest BCUT2D eigenvalue weighted by Gasteiger charge is -2.28. The van der Waals surface area contributed by atoms with Crippen molar-refractivity contribution in [2.45, 2.75) is 32.7 Å². The Labute approximate surface area is 108 Å². The molecular weight excluding hydrogens is 228 g/mol. The van der Waals surface area contributed by atoms with Crippen LogP contribution in [0.5, 0.6) is 0 Å². The van der Waals surface area contributed by atoms with Crippen molar-refractivity contribution in [3.05, 3.63) is 17.5 Å². The minimum Gasteiger partial charge on any atom is -0.349 e. The monoisotopic (exact) mass is 250 g/mol. The van der Waals surface area contributed by atoms with Gasteiger partial charge in [0.05, 0.1) is 11.3 Å². The van der Waals surface area contributed by atoms with Gasteiger partial charge in [0.1, 0.15) is 0 Å². The fourth-order valence-electron chi connectivity index (χ4n) is 2.57. The van der Waals surface area contributed by atoms with Crippen LogP contribution in [0, 0.1) is 12.8 Å². The second kappa shape index (κ2) is 5.52. The van der Waals surface area contributed by atoms with Crippen LogP contribution in [0.15, 0.2) is 6.20 Å². The van der Waals surface area contributed by atoms with Crippen molar-refractivity contribution in [3.8, 4) is 0 Å². The van der Waals surface area contributed by atoms with Gasteiger partial charge in [0.2, 0.25) is 0 Å². The highest BCUT2D eigenvalue weighted by Crippen LogP contribution is 2.16. The summed E-state index contributed by atoms with van der Waals surface area (Å²) in [6.45, 7) is 6.07. The lowest BCUT2D eigenvalue weighted by molar-refractivity contribution is 0.0920. The molecule has 18 heavy (non-hydrogen) atoms. The number of aromatic nitrogens is 2. The second-order valence-corrected chi connectivity index (χ2v) is 5.15. The summed E-state index contributed by atoms with van der Waals surface area (Å²) in [6, 6.07) is 0.221. The number of hydrogen-bond acceptors (Lipinski definition) is 3. The molecule has 2 heterocycles. The minimum absolute atomic E-state index is 0.00775. The number of aryl methyl sites for hydroxylation is 2. The van der Waals surface area contributed by atoms with Crippen LogP contribution in [0.25, 0.3) is 0 Å². The molecule has 1 aliphatic heterocycles. The first kappa shape index (κ1) is 13.1. The zero-order chi connectivity index (χ0) is 13.1. The Bertz CT molecular complexity index is 421. The van der Waals surface area contributed by atoms with Crippen molar-refractivity contribution in [2.75, 3.05) is 13.1 Å². The molecule has 5 nitrogen and oxygen atoms in total. The van der Waals surface area contributed by atoms with Gasteiger partial charge < -0.3 is 10.6 Å². The largest absolute Gasteiger partial charge is 0.349 e. The highest BCUT2D eigenvalue weighted by Gasteiger charge is 2.22. The van der Waals surface area contributed by atoms with Crippen LogP contribution in [0.4, 0.5) is 0 Å².